The molecule has 2 aromatic rings. The van der Waals surface area contributed by atoms with Crippen molar-refractivity contribution in [2.75, 3.05) is 7.11 Å². The maximum atomic E-state index is 12.3. The first kappa shape index (κ1) is 11.9. The van der Waals surface area contributed by atoms with Crippen molar-refractivity contribution in [3.05, 3.63) is 29.1 Å². The zero-order chi connectivity index (χ0) is 12.6. The molecule has 0 aliphatic carbocycles. The molecule has 0 aliphatic rings. The molecule has 2 rings (SSSR count). The van der Waals surface area contributed by atoms with Crippen LogP contribution in [0.4, 0.5) is 13.2 Å². The third-order valence-corrected chi connectivity index (χ3v) is 3.37. The number of carbonyl (C=O) groups excluding carboxylic acids is 1. The van der Waals surface area contributed by atoms with Crippen LogP contribution < -0.4 is 4.74 Å². The highest BCUT2D eigenvalue weighted by Crippen LogP contribution is 2.35. The SMILES string of the molecule is COc1cccc2cc(C(=O)C(F)(F)F)sc12. The monoisotopic (exact) mass is 260 g/mol. The van der Waals surface area contributed by atoms with E-state index in [1.165, 1.54) is 13.2 Å². The number of carbonyl (C=O) groups is 1. The van der Waals surface area contributed by atoms with Crippen molar-refractivity contribution in [2.24, 2.45) is 0 Å². The summed E-state index contributed by atoms with van der Waals surface area (Å²) in [7, 11) is 1.43. The van der Waals surface area contributed by atoms with Gasteiger partial charge in [-0.05, 0) is 17.5 Å². The topological polar surface area (TPSA) is 26.3 Å². The normalized spacial score (nSPS) is 11.8. The zero-order valence-electron chi connectivity index (χ0n) is 8.67. The Bertz CT molecular complexity index is 572. The number of hydrogen-bond acceptors (Lipinski definition) is 3. The third kappa shape index (κ3) is 2.12. The lowest BCUT2D eigenvalue weighted by atomic mass is 10.2. The van der Waals surface area contributed by atoms with Gasteiger partial charge in [-0.25, -0.2) is 0 Å². The number of thiophene rings is 1. The van der Waals surface area contributed by atoms with Gasteiger partial charge >= 0.3 is 6.18 Å². The quantitative estimate of drug-likeness (QED) is 0.770. The van der Waals surface area contributed by atoms with Gasteiger partial charge in [0.25, 0.3) is 5.78 Å². The van der Waals surface area contributed by atoms with E-state index in [0.29, 0.717) is 15.8 Å². The molecule has 0 atom stereocenters. The lowest BCUT2D eigenvalue weighted by Gasteiger charge is -2.01. The molecule has 0 bridgehead atoms. The predicted molar refractivity (Wildman–Crippen MR) is 58.8 cm³/mol. The van der Waals surface area contributed by atoms with E-state index in [0.717, 1.165) is 11.3 Å². The number of ketones is 1. The van der Waals surface area contributed by atoms with Crippen LogP contribution in [0.1, 0.15) is 9.67 Å². The molecule has 0 radical (unpaired) electrons. The molecule has 0 spiro atoms. The lowest BCUT2D eigenvalue weighted by Crippen LogP contribution is -2.21. The van der Waals surface area contributed by atoms with E-state index < -0.39 is 12.0 Å². The molecule has 90 valence electrons. The van der Waals surface area contributed by atoms with Gasteiger partial charge in [-0.3, -0.25) is 4.79 Å². The number of halogens is 3. The average molecular weight is 260 g/mol. The summed E-state index contributed by atoms with van der Waals surface area (Å²) in [6.45, 7) is 0. The van der Waals surface area contributed by atoms with E-state index in [9.17, 15) is 18.0 Å². The van der Waals surface area contributed by atoms with Gasteiger partial charge in [-0.2, -0.15) is 13.2 Å². The Morgan fingerprint density at radius 2 is 2.06 bits per heavy atom. The molecule has 0 saturated heterocycles. The minimum atomic E-state index is -4.84. The second-order valence-electron chi connectivity index (χ2n) is 3.32. The summed E-state index contributed by atoms with van der Waals surface area (Å²) in [4.78, 5) is 10.8. The molecule has 0 amide bonds. The van der Waals surface area contributed by atoms with Crippen LogP contribution in [0.25, 0.3) is 10.1 Å². The number of fused-ring (bicyclic) bond motifs is 1. The van der Waals surface area contributed by atoms with Crippen LogP contribution in [-0.2, 0) is 0 Å². The molecule has 17 heavy (non-hydrogen) atoms. The molecule has 6 heteroatoms. The van der Waals surface area contributed by atoms with Crippen LogP contribution in [0.2, 0.25) is 0 Å². The molecule has 0 N–H and O–H groups in total. The second-order valence-corrected chi connectivity index (χ2v) is 4.37. The number of alkyl halides is 3. The van der Waals surface area contributed by atoms with E-state index in [2.05, 4.69) is 0 Å². The fourth-order valence-corrected chi connectivity index (χ4v) is 2.56. The highest BCUT2D eigenvalue weighted by molar-refractivity contribution is 7.21. The Morgan fingerprint density at radius 1 is 1.35 bits per heavy atom. The minimum Gasteiger partial charge on any atom is -0.495 e. The molecule has 0 fully saturated rings. The predicted octanol–water partition coefficient (Wildman–Crippen LogP) is 3.65. The van der Waals surface area contributed by atoms with Gasteiger partial charge in [0.15, 0.2) is 0 Å². The number of methoxy groups -OCH3 is 1. The van der Waals surface area contributed by atoms with E-state index >= 15 is 0 Å². The third-order valence-electron chi connectivity index (χ3n) is 2.21. The van der Waals surface area contributed by atoms with Gasteiger partial charge in [0.2, 0.25) is 0 Å². The van der Waals surface area contributed by atoms with Gasteiger partial charge in [0.1, 0.15) is 5.75 Å². The summed E-state index contributed by atoms with van der Waals surface area (Å²) >= 11 is 0.789. The fourth-order valence-electron chi connectivity index (χ4n) is 1.45. The minimum absolute atomic E-state index is 0.322. The van der Waals surface area contributed by atoms with Crippen LogP contribution in [-0.4, -0.2) is 19.1 Å². The number of benzene rings is 1. The first-order chi connectivity index (χ1) is 7.93. The molecule has 1 heterocycles. The highest BCUT2D eigenvalue weighted by Gasteiger charge is 2.40. The maximum absolute atomic E-state index is 12.3. The smallest absolute Gasteiger partial charge is 0.455 e. The first-order valence-corrected chi connectivity index (χ1v) is 5.43. The van der Waals surface area contributed by atoms with E-state index in [1.807, 2.05) is 0 Å². The summed E-state index contributed by atoms with van der Waals surface area (Å²) in [6, 6.07) is 6.18. The molecule has 0 aliphatic heterocycles. The largest absolute Gasteiger partial charge is 0.495 e. The molecule has 1 aromatic heterocycles. The standard InChI is InChI=1S/C11H7F3O2S/c1-16-7-4-2-3-6-5-8(17-9(6)7)10(15)11(12,13)14/h2-5H,1H3. The van der Waals surface area contributed by atoms with Crippen molar-refractivity contribution in [1.29, 1.82) is 0 Å². The van der Waals surface area contributed by atoms with Crippen molar-refractivity contribution in [1.82, 2.24) is 0 Å². The van der Waals surface area contributed by atoms with Crippen molar-refractivity contribution < 1.29 is 22.7 Å². The van der Waals surface area contributed by atoms with Crippen LogP contribution in [0.3, 0.4) is 0 Å². The fraction of sp³-hybridized carbons (Fsp3) is 0.182. The van der Waals surface area contributed by atoms with E-state index in [4.69, 9.17) is 4.74 Å². The zero-order valence-corrected chi connectivity index (χ0v) is 9.48. The summed E-state index contributed by atoms with van der Waals surface area (Å²) in [5.41, 5.74) is 0. The Labute approximate surface area is 98.6 Å². The Morgan fingerprint density at radius 3 is 2.65 bits per heavy atom. The molecule has 0 unspecified atom stereocenters. The number of hydrogen-bond donors (Lipinski definition) is 0. The molecule has 0 saturated carbocycles. The number of ether oxygens (including phenoxy) is 1. The summed E-state index contributed by atoms with van der Waals surface area (Å²) in [6.07, 6.45) is -4.84. The van der Waals surface area contributed by atoms with Crippen molar-refractivity contribution in [2.45, 2.75) is 6.18 Å². The average Bonchev–Trinajstić information content (AvgIpc) is 2.69. The molecular weight excluding hydrogens is 253 g/mol. The molecule has 2 nitrogen and oxygen atoms in total. The van der Waals surface area contributed by atoms with E-state index in [-0.39, 0.29) is 4.88 Å². The number of Topliss-reactive ketones (excluding diaryl/α,β-unsaturated/α-hetero) is 1. The highest BCUT2D eigenvalue weighted by atomic mass is 32.1. The first-order valence-electron chi connectivity index (χ1n) is 4.61. The van der Waals surface area contributed by atoms with Crippen LogP contribution in [0, 0.1) is 0 Å². The van der Waals surface area contributed by atoms with Crippen molar-refractivity contribution in [3.63, 3.8) is 0 Å². The van der Waals surface area contributed by atoms with Gasteiger partial charge < -0.3 is 4.74 Å². The van der Waals surface area contributed by atoms with E-state index in [1.54, 1.807) is 18.2 Å². The summed E-state index contributed by atoms with van der Waals surface area (Å²) in [5, 5.41) is 0.571. The molecule has 1 aromatic carbocycles. The summed E-state index contributed by atoms with van der Waals surface area (Å²) < 4.78 is 42.4. The Balaban J connectivity index is 2.56. The van der Waals surface area contributed by atoms with Crippen molar-refractivity contribution in [3.8, 4) is 5.75 Å². The summed E-state index contributed by atoms with van der Waals surface area (Å²) in [5.74, 6) is -1.35. The second kappa shape index (κ2) is 4.03. The van der Waals surface area contributed by atoms with Gasteiger partial charge in [-0.15, -0.1) is 11.3 Å². The maximum Gasteiger partial charge on any atom is 0.455 e. The lowest BCUT2D eigenvalue weighted by molar-refractivity contribution is -0.0882. The van der Waals surface area contributed by atoms with Crippen molar-refractivity contribution >= 4 is 27.2 Å². The molecular formula is C11H7F3O2S. The van der Waals surface area contributed by atoms with Gasteiger partial charge in [0.05, 0.1) is 16.7 Å². The van der Waals surface area contributed by atoms with Crippen LogP contribution in [0.15, 0.2) is 24.3 Å². The van der Waals surface area contributed by atoms with Crippen LogP contribution in [0.5, 0.6) is 5.75 Å². The Hall–Kier alpha value is -1.56. The Kier molecular flexibility index (Phi) is 2.82. The van der Waals surface area contributed by atoms with Gasteiger partial charge in [-0.1, -0.05) is 12.1 Å². The van der Waals surface area contributed by atoms with Crippen LogP contribution >= 0.6 is 11.3 Å². The van der Waals surface area contributed by atoms with Gasteiger partial charge in [0, 0.05) is 0 Å². The number of rotatable bonds is 2.